The van der Waals surface area contributed by atoms with Gasteiger partial charge in [-0.05, 0) is 40.5 Å². The van der Waals surface area contributed by atoms with E-state index >= 15 is 0 Å². The molecule has 0 heterocycles. The highest BCUT2D eigenvalue weighted by Gasteiger charge is 2.40. The van der Waals surface area contributed by atoms with Gasteiger partial charge in [-0.3, -0.25) is 0 Å². The van der Waals surface area contributed by atoms with Crippen LogP contribution in [0.3, 0.4) is 0 Å². The lowest BCUT2D eigenvalue weighted by Gasteiger charge is -2.31. The Bertz CT molecular complexity index is 282. The van der Waals surface area contributed by atoms with Gasteiger partial charge < -0.3 is 14.8 Å². The molecule has 0 aromatic carbocycles. The molecule has 0 aliphatic heterocycles. The lowest BCUT2D eigenvalue weighted by Crippen LogP contribution is -2.50. The first kappa shape index (κ1) is 13.0. The fraction of sp³-hybridized carbons (Fsp3) is 0.833. The standard InChI is InChI=1S/C12H21NO3/c1-11(2,3)16-10(15)13-12(4)7-5-6-9(12)8-14/h8-9H,5-7H2,1-4H3,(H,13,15). The average Bonchev–Trinajstić information content (AvgIpc) is 2.42. The molecule has 0 bridgehead atoms. The molecule has 16 heavy (non-hydrogen) atoms. The molecule has 0 saturated heterocycles. The zero-order valence-corrected chi connectivity index (χ0v) is 10.5. The highest BCUT2D eigenvalue weighted by atomic mass is 16.6. The van der Waals surface area contributed by atoms with Gasteiger partial charge in [-0.2, -0.15) is 0 Å². The molecule has 1 saturated carbocycles. The van der Waals surface area contributed by atoms with E-state index in [-0.39, 0.29) is 5.92 Å². The minimum Gasteiger partial charge on any atom is -0.444 e. The molecule has 2 atom stereocenters. The van der Waals surface area contributed by atoms with Crippen LogP contribution in [0.5, 0.6) is 0 Å². The Morgan fingerprint density at radius 3 is 2.62 bits per heavy atom. The molecule has 1 fully saturated rings. The molecule has 1 aliphatic carbocycles. The maximum atomic E-state index is 11.6. The summed E-state index contributed by atoms with van der Waals surface area (Å²) in [4.78, 5) is 22.5. The van der Waals surface area contributed by atoms with Gasteiger partial charge in [-0.15, -0.1) is 0 Å². The van der Waals surface area contributed by atoms with Crippen molar-refractivity contribution in [2.24, 2.45) is 5.92 Å². The van der Waals surface area contributed by atoms with Crippen LogP contribution in [0.4, 0.5) is 4.79 Å². The van der Waals surface area contributed by atoms with Crippen molar-refractivity contribution < 1.29 is 14.3 Å². The lowest BCUT2D eigenvalue weighted by atomic mass is 9.90. The lowest BCUT2D eigenvalue weighted by molar-refractivity contribution is -0.112. The summed E-state index contributed by atoms with van der Waals surface area (Å²) in [6, 6.07) is 0. The van der Waals surface area contributed by atoms with Crippen LogP contribution in [0.15, 0.2) is 0 Å². The van der Waals surface area contributed by atoms with Crippen LogP contribution < -0.4 is 5.32 Å². The number of ether oxygens (including phenoxy) is 1. The van der Waals surface area contributed by atoms with Gasteiger partial charge in [0.15, 0.2) is 0 Å². The van der Waals surface area contributed by atoms with Gasteiger partial charge in [-0.1, -0.05) is 6.42 Å². The quantitative estimate of drug-likeness (QED) is 0.736. The first-order valence-corrected chi connectivity index (χ1v) is 5.73. The zero-order valence-electron chi connectivity index (χ0n) is 10.5. The van der Waals surface area contributed by atoms with Crippen LogP contribution in [0.25, 0.3) is 0 Å². The molecular weight excluding hydrogens is 206 g/mol. The van der Waals surface area contributed by atoms with Crippen molar-refractivity contribution in [1.82, 2.24) is 5.32 Å². The second kappa shape index (κ2) is 4.44. The summed E-state index contributed by atoms with van der Waals surface area (Å²) in [5.41, 5.74) is -0.945. The molecule has 4 nitrogen and oxygen atoms in total. The van der Waals surface area contributed by atoms with Crippen molar-refractivity contribution in [3.8, 4) is 0 Å². The van der Waals surface area contributed by atoms with Gasteiger partial charge in [-0.25, -0.2) is 4.79 Å². The van der Waals surface area contributed by atoms with Crippen LogP contribution in [-0.2, 0) is 9.53 Å². The van der Waals surface area contributed by atoms with Gasteiger partial charge in [0.2, 0.25) is 0 Å². The van der Waals surface area contributed by atoms with E-state index in [1.807, 2.05) is 27.7 Å². The van der Waals surface area contributed by atoms with Crippen LogP contribution in [0.2, 0.25) is 0 Å². The Hall–Kier alpha value is -1.06. The van der Waals surface area contributed by atoms with E-state index < -0.39 is 17.2 Å². The second-order valence-corrected chi connectivity index (χ2v) is 5.68. The first-order valence-electron chi connectivity index (χ1n) is 5.73. The van der Waals surface area contributed by atoms with E-state index in [4.69, 9.17) is 4.74 Å². The maximum absolute atomic E-state index is 11.6. The van der Waals surface area contributed by atoms with Crippen LogP contribution in [0, 0.1) is 5.92 Å². The van der Waals surface area contributed by atoms with Gasteiger partial charge in [0, 0.05) is 11.5 Å². The molecule has 0 aromatic heterocycles. The highest BCUT2D eigenvalue weighted by Crippen LogP contribution is 2.34. The summed E-state index contributed by atoms with van der Waals surface area (Å²) in [5.74, 6) is -0.0972. The third kappa shape index (κ3) is 3.22. The number of amides is 1. The third-order valence-electron chi connectivity index (χ3n) is 2.98. The van der Waals surface area contributed by atoms with E-state index in [0.717, 1.165) is 25.5 Å². The van der Waals surface area contributed by atoms with Gasteiger partial charge in [0.25, 0.3) is 0 Å². The van der Waals surface area contributed by atoms with E-state index in [1.54, 1.807) is 0 Å². The number of carbonyl (C=O) groups is 2. The molecule has 4 heteroatoms. The molecule has 2 unspecified atom stereocenters. The van der Waals surface area contributed by atoms with E-state index in [9.17, 15) is 9.59 Å². The zero-order chi connectivity index (χ0) is 12.4. The molecule has 1 N–H and O–H groups in total. The van der Waals surface area contributed by atoms with Gasteiger partial charge in [0.05, 0.1) is 0 Å². The number of nitrogens with one attached hydrogen (secondary N) is 1. The van der Waals surface area contributed by atoms with Crippen molar-refractivity contribution in [3.63, 3.8) is 0 Å². The molecule has 1 aliphatic rings. The molecule has 0 aromatic rings. The number of carbonyl (C=O) groups excluding carboxylic acids is 2. The van der Waals surface area contributed by atoms with E-state index in [1.165, 1.54) is 0 Å². The molecule has 1 rings (SSSR count). The number of hydrogen-bond acceptors (Lipinski definition) is 3. The number of aldehydes is 1. The monoisotopic (exact) mass is 227 g/mol. The van der Waals surface area contributed by atoms with Crippen molar-refractivity contribution in [1.29, 1.82) is 0 Å². The Morgan fingerprint density at radius 2 is 2.12 bits per heavy atom. The number of hydrogen-bond donors (Lipinski definition) is 1. The Morgan fingerprint density at radius 1 is 1.50 bits per heavy atom. The Balaban J connectivity index is 2.59. The van der Waals surface area contributed by atoms with Crippen molar-refractivity contribution >= 4 is 12.4 Å². The summed E-state index contributed by atoms with van der Waals surface area (Å²) in [7, 11) is 0. The minimum absolute atomic E-state index is 0.0972. The molecule has 0 radical (unpaired) electrons. The summed E-state index contributed by atoms with van der Waals surface area (Å²) in [5, 5.41) is 2.82. The first-order chi connectivity index (χ1) is 7.27. The van der Waals surface area contributed by atoms with E-state index in [2.05, 4.69) is 5.32 Å². The third-order valence-corrected chi connectivity index (χ3v) is 2.98. The van der Waals surface area contributed by atoms with Crippen molar-refractivity contribution in [2.45, 2.75) is 58.1 Å². The van der Waals surface area contributed by atoms with Crippen molar-refractivity contribution in [2.75, 3.05) is 0 Å². The second-order valence-electron chi connectivity index (χ2n) is 5.68. The van der Waals surface area contributed by atoms with Crippen molar-refractivity contribution in [3.05, 3.63) is 0 Å². The van der Waals surface area contributed by atoms with Crippen LogP contribution in [-0.4, -0.2) is 23.5 Å². The predicted octanol–water partition coefficient (Wildman–Crippen LogP) is 2.27. The fourth-order valence-corrected chi connectivity index (χ4v) is 2.10. The number of alkyl carbamates (subject to hydrolysis) is 1. The summed E-state index contributed by atoms with van der Waals surface area (Å²) >= 11 is 0. The SMILES string of the molecule is CC(C)(C)OC(=O)NC1(C)CCCC1C=O. The summed E-state index contributed by atoms with van der Waals surface area (Å²) in [6.07, 6.45) is 3.13. The van der Waals surface area contributed by atoms with Crippen LogP contribution >= 0.6 is 0 Å². The minimum atomic E-state index is -0.504. The topological polar surface area (TPSA) is 55.4 Å². The Kier molecular flexibility index (Phi) is 3.61. The van der Waals surface area contributed by atoms with Gasteiger partial charge in [0.1, 0.15) is 11.9 Å². The average molecular weight is 227 g/mol. The smallest absolute Gasteiger partial charge is 0.408 e. The molecule has 92 valence electrons. The van der Waals surface area contributed by atoms with Crippen LogP contribution in [0.1, 0.15) is 47.0 Å². The normalized spacial score (nSPS) is 29.9. The largest absolute Gasteiger partial charge is 0.444 e. The summed E-state index contributed by atoms with van der Waals surface area (Å²) < 4.78 is 5.19. The maximum Gasteiger partial charge on any atom is 0.408 e. The van der Waals surface area contributed by atoms with Gasteiger partial charge >= 0.3 is 6.09 Å². The Labute approximate surface area is 96.7 Å². The highest BCUT2D eigenvalue weighted by molar-refractivity contribution is 5.70. The fourth-order valence-electron chi connectivity index (χ4n) is 2.10. The summed E-state index contributed by atoms with van der Waals surface area (Å²) in [6.45, 7) is 7.37. The predicted molar refractivity (Wildman–Crippen MR) is 61.2 cm³/mol. The molecular formula is C12H21NO3. The van der Waals surface area contributed by atoms with E-state index in [0.29, 0.717) is 0 Å². The molecule has 0 spiro atoms. The molecule has 1 amide bonds. The number of rotatable bonds is 2.